The Morgan fingerprint density at radius 3 is 2.59 bits per heavy atom. The van der Waals surface area contributed by atoms with Crippen LogP contribution in [-0.2, 0) is 0 Å². The van der Waals surface area contributed by atoms with E-state index in [-0.39, 0.29) is 5.69 Å². The second-order valence-corrected chi connectivity index (χ2v) is 3.32. The van der Waals surface area contributed by atoms with Gasteiger partial charge in [0.2, 0.25) is 0 Å². The van der Waals surface area contributed by atoms with Gasteiger partial charge in [0.05, 0.1) is 12.6 Å². The highest BCUT2D eigenvalue weighted by atomic mass is 19.1. The van der Waals surface area contributed by atoms with Gasteiger partial charge in [0.1, 0.15) is 17.7 Å². The van der Waals surface area contributed by atoms with Gasteiger partial charge < -0.3 is 15.9 Å². The molecule has 0 heterocycles. The van der Waals surface area contributed by atoms with Crippen LogP contribution in [0, 0.1) is 11.6 Å². The third-order valence-corrected chi connectivity index (χ3v) is 2.12. The van der Waals surface area contributed by atoms with Gasteiger partial charge in [-0.2, -0.15) is 0 Å². The van der Waals surface area contributed by atoms with Gasteiger partial charge in [-0.05, 0) is 11.6 Å². The van der Waals surface area contributed by atoms with Crippen LogP contribution in [0.4, 0.5) is 14.5 Å². The summed E-state index contributed by atoms with van der Waals surface area (Å²) in [5, 5.41) is 22.0. The Labute approximate surface area is 94.9 Å². The summed E-state index contributed by atoms with van der Waals surface area (Å²) < 4.78 is 26.1. The summed E-state index contributed by atoms with van der Waals surface area (Å²) in [7, 11) is 0. The average molecular weight is 244 g/mol. The minimum absolute atomic E-state index is 0.324. The lowest BCUT2D eigenvalue weighted by Crippen LogP contribution is -2.23. The first-order chi connectivity index (χ1) is 7.97. The molecule has 0 aliphatic heterocycles. The predicted octanol–water partition coefficient (Wildman–Crippen LogP) is 1.25. The molecule has 0 spiro atoms. The lowest BCUT2D eigenvalue weighted by atomic mass is 10.0. The lowest BCUT2D eigenvalue weighted by molar-refractivity contribution is 0.0227. The van der Waals surface area contributed by atoms with E-state index in [9.17, 15) is 19.0 Å². The number of hydrogen-bond acceptors (Lipinski definition) is 4. The zero-order chi connectivity index (χ0) is 13.0. The van der Waals surface area contributed by atoms with Crippen molar-refractivity contribution in [3.63, 3.8) is 0 Å². The molecule has 0 saturated carbocycles. The Kier molecular flexibility index (Phi) is 4.22. The molecule has 1 aromatic rings. The number of hydrogen-bond donors (Lipinski definition) is 3. The Balaban J connectivity index is 3.03. The number of nitrogens with two attached hydrogens (primary N) is 1. The minimum atomic E-state index is -1.69. The molecule has 17 heavy (non-hydrogen) atoms. The van der Waals surface area contributed by atoms with Crippen molar-refractivity contribution < 1.29 is 19.0 Å². The molecule has 4 N–H and O–H groups in total. The second-order valence-electron chi connectivity index (χ2n) is 3.32. The number of anilines is 1. The van der Waals surface area contributed by atoms with Gasteiger partial charge in [-0.15, -0.1) is 0 Å². The molecule has 1 rings (SSSR count). The largest absolute Gasteiger partial charge is 0.398 e. The number of nitrogen functional groups attached to an aromatic ring is 1. The zero-order valence-corrected chi connectivity index (χ0v) is 8.59. The fraction of sp³-hybridized carbons (Fsp3) is 0.333. The molecular weight excluding hydrogens is 234 g/mol. The molecule has 2 unspecified atom stereocenters. The Morgan fingerprint density at radius 1 is 1.41 bits per heavy atom. The van der Waals surface area contributed by atoms with Crippen LogP contribution in [0.25, 0.3) is 10.4 Å². The fourth-order valence-corrected chi connectivity index (χ4v) is 1.33. The molecule has 0 saturated heterocycles. The van der Waals surface area contributed by atoms with Gasteiger partial charge in [0.15, 0.2) is 0 Å². The van der Waals surface area contributed by atoms with Crippen LogP contribution in [0.2, 0.25) is 0 Å². The van der Waals surface area contributed by atoms with E-state index >= 15 is 0 Å². The maximum Gasteiger partial charge on any atom is 0.134 e. The number of halogens is 2. The first kappa shape index (κ1) is 13.2. The zero-order valence-electron chi connectivity index (χ0n) is 8.59. The van der Waals surface area contributed by atoms with E-state index in [2.05, 4.69) is 10.0 Å². The highest BCUT2D eigenvalue weighted by molar-refractivity contribution is 5.49. The van der Waals surface area contributed by atoms with E-state index in [0.29, 0.717) is 6.07 Å². The summed E-state index contributed by atoms with van der Waals surface area (Å²) in [6.45, 7) is -0.450. The van der Waals surface area contributed by atoms with Gasteiger partial charge in [-0.3, -0.25) is 0 Å². The van der Waals surface area contributed by atoms with Crippen LogP contribution < -0.4 is 5.73 Å². The fourth-order valence-electron chi connectivity index (χ4n) is 1.33. The van der Waals surface area contributed by atoms with Crippen molar-refractivity contribution in [1.29, 1.82) is 0 Å². The molecule has 1 aromatic carbocycles. The lowest BCUT2D eigenvalue weighted by Gasteiger charge is -2.18. The van der Waals surface area contributed by atoms with Crippen LogP contribution >= 0.6 is 0 Å². The molecule has 0 amide bonds. The Bertz CT molecular complexity index is 439. The van der Waals surface area contributed by atoms with Crippen LogP contribution in [0.3, 0.4) is 0 Å². The molecule has 0 aromatic heterocycles. The number of azide groups is 1. The van der Waals surface area contributed by atoms with E-state index in [1.807, 2.05) is 0 Å². The van der Waals surface area contributed by atoms with E-state index in [0.717, 1.165) is 6.07 Å². The van der Waals surface area contributed by atoms with Gasteiger partial charge in [0, 0.05) is 22.2 Å². The van der Waals surface area contributed by atoms with Crippen LogP contribution in [0.15, 0.2) is 17.2 Å². The van der Waals surface area contributed by atoms with Crippen molar-refractivity contribution in [3.05, 3.63) is 39.8 Å². The summed E-state index contributed by atoms with van der Waals surface area (Å²) in [5.41, 5.74) is 12.6. The molecule has 0 radical (unpaired) electrons. The molecule has 0 fully saturated rings. The smallest absolute Gasteiger partial charge is 0.134 e. The first-order valence-electron chi connectivity index (χ1n) is 4.58. The van der Waals surface area contributed by atoms with Crippen molar-refractivity contribution in [2.75, 3.05) is 12.3 Å². The van der Waals surface area contributed by atoms with Crippen molar-refractivity contribution in [2.45, 2.75) is 12.2 Å². The third-order valence-electron chi connectivity index (χ3n) is 2.12. The monoisotopic (exact) mass is 244 g/mol. The van der Waals surface area contributed by atoms with Crippen molar-refractivity contribution in [3.8, 4) is 0 Å². The maximum absolute atomic E-state index is 13.3. The molecule has 6 nitrogen and oxygen atoms in total. The van der Waals surface area contributed by atoms with Crippen LogP contribution in [0.1, 0.15) is 11.7 Å². The molecule has 0 bridgehead atoms. The van der Waals surface area contributed by atoms with Crippen LogP contribution in [0.5, 0.6) is 0 Å². The summed E-state index contributed by atoms with van der Waals surface area (Å²) in [6.07, 6.45) is -3.21. The molecular formula is C9H10F2N4O2. The summed E-state index contributed by atoms with van der Waals surface area (Å²) in [5.74, 6) is -1.96. The van der Waals surface area contributed by atoms with Crippen molar-refractivity contribution >= 4 is 5.69 Å². The van der Waals surface area contributed by atoms with Gasteiger partial charge in [-0.25, -0.2) is 8.78 Å². The van der Waals surface area contributed by atoms with E-state index in [1.54, 1.807) is 0 Å². The maximum atomic E-state index is 13.3. The van der Waals surface area contributed by atoms with Crippen LogP contribution in [-0.4, -0.2) is 22.9 Å². The number of aliphatic hydroxyl groups excluding tert-OH is 2. The van der Waals surface area contributed by atoms with Crippen molar-refractivity contribution in [2.24, 2.45) is 5.11 Å². The highest BCUT2D eigenvalue weighted by Crippen LogP contribution is 2.27. The molecule has 8 heteroatoms. The number of rotatable bonds is 4. The normalized spacial score (nSPS) is 13.9. The molecule has 92 valence electrons. The first-order valence-corrected chi connectivity index (χ1v) is 4.58. The van der Waals surface area contributed by atoms with Gasteiger partial charge >= 0.3 is 0 Å². The topological polar surface area (TPSA) is 115 Å². The highest BCUT2D eigenvalue weighted by Gasteiger charge is 2.24. The standard InChI is InChI=1S/C9H10F2N4O2/c10-4-1-5(11)8(6(12)2-4)9(17)7(16)3-14-15-13/h1-2,7,9,16-17H,3,12H2. The summed E-state index contributed by atoms with van der Waals surface area (Å²) >= 11 is 0. The van der Waals surface area contributed by atoms with E-state index < -0.39 is 36.0 Å². The number of aliphatic hydroxyl groups is 2. The average Bonchev–Trinajstić information content (AvgIpc) is 2.24. The SMILES string of the molecule is [N-]=[N+]=NCC(O)C(O)c1c(N)cc(F)cc1F. The minimum Gasteiger partial charge on any atom is -0.398 e. The van der Waals surface area contributed by atoms with Gasteiger partial charge in [0.25, 0.3) is 0 Å². The van der Waals surface area contributed by atoms with E-state index in [4.69, 9.17) is 11.3 Å². The third kappa shape index (κ3) is 3.04. The molecule has 0 aliphatic carbocycles. The summed E-state index contributed by atoms with van der Waals surface area (Å²) in [6, 6.07) is 1.36. The number of benzene rings is 1. The van der Waals surface area contributed by atoms with E-state index in [1.165, 1.54) is 0 Å². The van der Waals surface area contributed by atoms with Gasteiger partial charge in [-0.1, -0.05) is 5.11 Å². The predicted molar refractivity (Wildman–Crippen MR) is 55.8 cm³/mol. The second kappa shape index (κ2) is 5.44. The quantitative estimate of drug-likeness (QED) is 0.320. The van der Waals surface area contributed by atoms with Crippen molar-refractivity contribution in [1.82, 2.24) is 0 Å². The Morgan fingerprint density at radius 2 is 2.06 bits per heavy atom. The number of nitrogens with zero attached hydrogens (tertiary/aromatic N) is 3. The Hall–Kier alpha value is -1.89. The molecule has 0 aliphatic rings. The molecule has 2 atom stereocenters. The summed E-state index contributed by atoms with van der Waals surface area (Å²) in [4.78, 5) is 2.38.